The first-order valence-electron chi connectivity index (χ1n) is 5.42. The van der Waals surface area contributed by atoms with Gasteiger partial charge < -0.3 is 10.4 Å². The van der Waals surface area contributed by atoms with E-state index in [1.54, 1.807) is 23.5 Å². The van der Waals surface area contributed by atoms with E-state index in [4.69, 9.17) is 5.11 Å². The van der Waals surface area contributed by atoms with E-state index in [0.29, 0.717) is 12.4 Å². The monoisotopic (exact) mass is 263 g/mol. The number of rotatable bonds is 4. The van der Waals surface area contributed by atoms with Crippen molar-refractivity contribution in [1.29, 1.82) is 0 Å². The molecule has 6 heteroatoms. The van der Waals surface area contributed by atoms with Gasteiger partial charge in [-0.25, -0.2) is 14.8 Å². The maximum Gasteiger partial charge on any atom is 0.339 e. The minimum Gasteiger partial charge on any atom is -0.478 e. The number of aromatic carboxylic acids is 1. The topological polar surface area (TPSA) is 75.1 Å². The molecule has 5 nitrogen and oxygen atoms in total. The van der Waals surface area contributed by atoms with E-state index in [1.807, 2.05) is 19.2 Å². The number of carboxylic acids is 1. The molecule has 0 saturated heterocycles. The fourth-order valence-electron chi connectivity index (χ4n) is 1.53. The third kappa shape index (κ3) is 2.84. The number of nitrogens with one attached hydrogen (secondary N) is 1. The first-order valence-corrected chi connectivity index (χ1v) is 6.30. The molecule has 0 atom stereocenters. The number of anilines is 1. The summed E-state index contributed by atoms with van der Waals surface area (Å²) in [6.07, 6.45) is 0. The van der Waals surface area contributed by atoms with Crippen LogP contribution in [0.3, 0.4) is 0 Å². The molecule has 0 unspecified atom stereocenters. The number of aromatic nitrogens is 2. The molecule has 2 rings (SSSR count). The van der Waals surface area contributed by atoms with E-state index in [-0.39, 0.29) is 5.56 Å². The fraction of sp³-hybridized carbons (Fsp3) is 0.250. The molecule has 0 radical (unpaired) electrons. The summed E-state index contributed by atoms with van der Waals surface area (Å²) < 4.78 is 0. The molecule has 0 aliphatic carbocycles. The van der Waals surface area contributed by atoms with Gasteiger partial charge in [0, 0.05) is 11.1 Å². The number of aryl methyl sites for hydroxylation is 2. The molecule has 0 bridgehead atoms. The van der Waals surface area contributed by atoms with Crippen LogP contribution in [0.4, 0.5) is 5.82 Å². The van der Waals surface area contributed by atoms with Gasteiger partial charge in [-0.05, 0) is 26.0 Å². The highest BCUT2D eigenvalue weighted by molar-refractivity contribution is 7.09. The van der Waals surface area contributed by atoms with Crippen LogP contribution < -0.4 is 5.32 Å². The minimum atomic E-state index is -0.987. The molecule has 2 N–H and O–H groups in total. The van der Waals surface area contributed by atoms with Gasteiger partial charge in [-0.15, -0.1) is 11.3 Å². The molecular weight excluding hydrogens is 250 g/mol. The lowest BCUT2D eigenvalue weighted by atomic mass is 10.2. The zero-order chi connectivity index (χ0) is 13.1. The van der Waals surface area contributed by atoms with Crippen LogP contribution in [0.15, 0.2) is 17.5 Å². The number of carboxylic acid groups (broad SMARTS) is 1. The Hall–Kier alpha value is -1.95. The van der Waals surface area contributed by atoms with Crippen LogP contribution in [0.1, 0.15) is 26.8 Å². The number of carbonyl (C=O) groups is 1. The van der Waals surface area contributed by atoms with Crippen LogP contribution in [0.2, 0.25) is 0 Å². The molecular formula is C12H13N3O2S. The maximum absolute atomic E-state index is 11.1. The van der Waals surface area contributed by atoms with Crippen molar-refractivity contribution in [2.45, 2.75) is 20.4 Å². The van der Waals surface area contributed by atoms with Crippen LogP contribution in [0, 0.1) is 13.8 Å². The van der Waals surface area contributed by atoms with Crippen molar-refractivity contribution in [2.75, 3.05) is 5.32 Å². The molecule has 18 heavy (non-hydrogen) atoms. The SMILES string of the molecule is Cc1ccc(C(=O)O)c(NCc2csc(C)n2)n1. The van der Waals surface area contributed by atoms with E-state index in [1.165, 1.54) is 0 Å². The average Bonchev–Trinajstić information content (AvgIpc) is 2.72. The molecule has 0 aliphatic rings. The Morgan fingerprint density at radius 2 is 2.17 bits per heavy atom. The Bertz CT molecular complexity index is 580. The molecule has 94 valence electrons. The molecule has 0 fully saturated rings. The summed E-state index contributed by atoms with van der Waals surface area (Å²) in [5.41, 5.74) is 1.83. The Morgan fingerprint density at radius 1 is 1.39 bits per heavy atom. The van der Waals surface area contributed by atoms with Crippen molar-refractivity contribution < 1.29 is 9.90 Å². The van der Waals surface area contributed by atoms with Gasteiger partial charge in [0.15, 0.2) is 0 Å². The van der Waals surface area contributed by atoms with Gasteiger partial charge in [0.25, 0.3) is 0 Å². The predicted octanol–water partition coefficient (Wildman–Crippen LogP) is 2.47. The molecule has 0 aromatic carbocycles. The van der Waals surface area contributed by atoms with E-state index in [9.17, 15) is 4.79 Å². The second-order valence-corrected chi connectivity index (χ2v) is 4.93. The van der Waals surface area contributed by atoms with Gasteiger partial charge in [0.2, 0.25) is 0 Å². The van der Waals surface area contributed by atoms with Crippen LogP contribution in [0.5, 0.6) is 0 Å². The van der Waals surface area contributed by atoms with Crippen LogP contribution in [0.25, 0.3) is 0 Å². The van der Waals surface area contributed by atoms with Crippen molar-refractivity contribution in [2.24, 2.45) is 0 Å². The lowest BCUT2D eigenvalue weighted by Gasteiger charge is -2.08. The van der Waals surface area contributed by atoms with Crippen LogP contribution >= 0.6 is 11.3 Å². The molecule has 2 aromatic rings. The van der Waals surface area contributed by atoms with Crippen molar-refractivity contribution >= 4 is 23.1 Å². The summed E-state index contributed by atoms with van der Waals surface area (Å²) in [7, 11) is 0. The summed E-state index contributed by atoms with van der Waals surface area (Å²) in [6.45, 7) is 4.23. The molecule has 2 aromatic heterocycles. The highest BCUT2D eigenvalue weighted by Gasteiger charge is 2.11. The number of hydrogen-bond donors (Lipinski definition) is 2. The molecule has 0 spiro atoms. The predicted molar refractivity (Wildman–Crippen MR) is 70.1 cm³/mol. The number of pyridine rings is 1. The second kappa shape index (κ2) is 5.14. The molecule has 0 aliphatic heterocycles. The van der Waals surface area contributed by atoms with Crippen molar-refractivity contribution in [1.82, 2.24) is 9.97 Å². The maximum atomic E-state index is 11.1. The Balaban J connectivity index is 2.17. The van der Waals surface area contributed by atoms with Gasteiger partial charge in [-0.3, -0.25) is 0 Å². The van der Waals surface area contributed by atoms with E-state index < -0.39 is 5.97 Å². The average molecular weight is 263 g/mol. The standard InChI is InChI=1S/C12H13N3O2S/c1-7-3-4-10(12(16)17)11(14-7)13-5-9-6-18-8(2)15-9/h3-4,6H,5H2,1-2H3,(H,13,14)(H,16,17). The largest absolute Gasteiger partial charge is 0.478 e. The third-order valence-corrected chi connectivity index (χ3v) is 3.19. The van der Waals surface area contributed by atoms with Crippen molar-refractivity contribution in [3.63, 3.8) is 0 Å². The first kappa shape index (κ1) is 12.5. The highest BCUT2D eigenvalue weighted by Crippen LogP contribution is 2.15. The van der Waals surface area contributed by atoms with Gasteiger partial charge in [-0.1, -0.05) is 0 Å². The lowest BCUT2D eigenvalue weighted by Crippen LogP contribution is -2.09. The smallest absolute Gasteiger partial charge is 0.339 e. The second-order valence-electron chi connectivity index (χ2n) is 3.87. The third-order valence-electron chi connectivity index (χ3n) is 2.37. The number of nitrogens with zero attached hydrogens (tertiary/aromatic N) is 2. The zero-order valence-corrected chi connectivity index (χ0v) is 10.9. The van der Waals surface area contributed by atoms with E-state index in [0.717, 1.165) is 16.4 Å². The number of thiazole rings is 1. The first-order chi connectivity index (χ1) is 8.56. The number of hydrogen-bond acceptors (Lipinski definition) is 5. The lowest BCUT2D eigenvalue weighted by molar-refractivity contribution is 0.0697. The fourth-order valence-corrected chi connectivity index (χ4v) is 2.14. The van der Waals surface area contributed by atoms with Crippen molar-refractivity contribution in [3.8, 4) is 0 Å². The quantitative estimate of drug-likeness (QED) is 0.886. The summed E-state index contributed by atoms with van der Waals surface area (Å²) in [5, 5.41) is 15.0. The van der Waals surface area contributed by atoms with Gasteiger partial charge >= 0.3 is 5.97 Å². The highest BCUT2D eigenvalue weighted by atomic mass is 32.1. The van der Waals surface area contributed by atoms with E-state index in [2.05, 4.69) is 15.3 Å². The molecule has 0 amide bonds. The Kier molecular flexibility index (Phi) is 3.57. The normalized spacial score (nSPS) is 10.3. The summed E-state index contributed by atoms with van der Waals surface area (Å²) in [6, 6.07) is 3.24. The Labute approximate surface area is 109 Å². The Morgan fingerprint density at radius 3 is 2.78 bits per heavy atom. The van der Waals surface area contributed by atoms with Gasteiger partial charge in [-0.2, -0.15) is 0 Å². The van der Waals surface area contributed by atoms with E-state index >= 15 is 0 Å². The van der Waals surface area contributed by atoms with Gasteiger partial charge in [0.05, 0.1) is 17.2 Å². The van der Waals surface area contributed by atoms with Crippen molar-refractivity contribution in [3.05, 3.63) is 39.5 Å². The zero-order valence-electron chi connectivity index (χ0n) is 10.1. The van der Waals surface area contributed by atoms with Crippen LogP contribution in [-0.2, 0) is 6.54 Å². The minimum absolute atomic E-state index is 0.174. The van der Waals surface area contributed by atoms with Gasteiger partial charge in [0.1, 0.15) is 11.4 Å². The summed E-state index contributed by atoms with van der Waals surface area (Å²) in [4.78, 5) is 19.6. The molecule has 0 saturated carbocycles. The van der Waals surface area contributed by atoms with Crippen LogP contribution in [-0.4, -0.2) is 21.0 Å². The molecule has 2 heterocycles. The summed E-state index contributed by atoms with van der Waals surface area (Å²) in [5.74, 6) is -0.604. The summed E-state index contributed by atoms with van der Waals surface area (Å²) >= 11 is 1.57.